The standard InChI is InChI=1S/C15H14N4O3/c20-10-8-11-4-6-12(7-5-11)16-14(21)19-15(22)18-9-2-1-3-13(18)17-19/h1-7,9,20H,8,10H2,(H,16,21). The molecule has 112 valence electrons. The smallest absolute Gasteiger partial charge is 0.359 e. The Hall–Kier alpha value is -2.93. The largest absolute Gasteiger partial charge is 0.396 e. The van der Waals surface area contributed by atoms with Gasteiger partial charge in [0.15, 0.2) is 5.65 Å². The van der Waals surface area contributed by atoms with Crippen LogP contribution in [0, 0.1) is 0 Å². The van der Waals surface area contributed by atoms with Gasteiger partial charge in [0.25, 0.3) is 0 Å². The Morgan fingerprint density at radius 3 is 2.64 bits per heavy atom. The summed E-state index contributed by atoms with van der Waals surface area (Å²) in [5.74, 6) is 0. The van der Waals surface area contributed by atoms with Gasteiger partial charge in [0, 0.05) is 18.5 Å². The number of amides is 1. The normalized spacial score (nSPS) is 10.8. The molecule has 0 radical (unpaired) electrons. The monoisotopic (exact) mass is 298 g/mol. The van der Waals surface area contributed by atoms with E-state index in [9.17, 15) is 9.59 Å². The average Bonchev–Trinajstić information content (AvgIpc) is 2.87. The summed E-state index contributed by atoms with van der Waals surface area (Å²) >= 11 is 0. The molecule has 1 aromatic carbocycles. The second kappa shape index (κ2) is 5.82. The Kier molecular flexibility index (Phi) is 3.71. The Morgan fingerprint density at radius 1 is 1.18 bits per heavy atom. The Bertz CT molecular complexity index is 864. The summed E-state index contributed by atoms with van der Waals surface area (Å²) in [4.78, 5) is 24.2. The fourth-order valence-corrected chi connectivity index (χ4v) is 2.12. The molecule has 0 aliphatic heterocycles. The van der Waals surface area contributed by atoms with Crippen LogP contribution in [0.2, 0.25) is 0 Å². The number of fused-ring (bicyclic) bond motifs is 1. The van der Waals surface area contributed by atoms with Crippen LogP contribution in [0.1, 0.15) is 5.56 Å². The predicted molar refractivity (Wildman–Crippen MR) is 81.1 cm³/mol. The van der Waals surface area contributed by atoms with Crippen molar-refractivity contribution in [3.63, 3.8) is 0 Å². The lowest BCUT2D eigenvalue weighted by atomic mass is 10.1. The summed E-state index contributed by atoms with van der Waals surface area (Å²) in [6.45, 7) is 0.0718. The third kappa shape index (κ3) is 2.61. The lowest BCUT2D eigenvalue weighted by Gasteiger charge is -2.05. The molecular weight excluding hydrogens is 284 g/mol. The van der Waals surface area contributed by atoms with Crippen LogP contribution < -0.4 is 11.0 Å². The number of anilines is 1. The molecule has 0 saturated carbocycles. The van der Waals surface area contributed by atoms with Crippen LogP contribution in [0.15, 0.2) is 53.5 Å². The van der Waals surface area contributed by atoms with Crippen LogP contribution in [0.5, 0.6) is 0 Å². The van der Waals surface area contributed by atoms with Gasteiger partial charge in [-0.25, -0.2) is 14.0 Å². The average molecular weight is 298 g/mol. The number of aliphatic hydroxyl groups is 1. The van der Waals surface area contributed by atoms with Crippen molar-refractivity contribution < 1.29 is 9.90 Å². The lowest BCUT2D eigenvalue weighted by molar-refractivity contribution is 0.250. The molecule has 7 heteroatoms. The first-order chi connectivity index (χ1) is 10.7. The highest BCUT2D eigenvalue weighted by molar-refractivity contribution is 5.90. The van der Waals surface area contributed by atoms with Crippen molar-refractivity contribution in [2.45, 2.75) is 6.42 Å². The number of carbonyl (C=O) groups excluding carboxylic acids is 1. The molecule has 0 aliphatic carbocycles. The molecule has 2 heterocycles. The van der Waals surface area contributed by atoms with Crippen molar-refractivity contribution in [3.8, 4) is 0 Å². The molecule has 2 N–H and O–H groups in total. The molecule has 3 aromatic rings. The van der Waals surface area contributed by atoms with Crippen LogP contribution >= 0.6 is 0 Å². The van der Waals surface area contributed by atoms with E-state index in [4.69, 9.17) is 5.11 Å². The zero-order chi connectivity index (χ0) is 15.5. The van der Waals surface area contributed by atoms with Crippen LogP contribution in [0.25, 0.3) is 5.65 Å². The first-order valence-corrected chi connectivity index (χ1v) is 6.76. The SMILES string of the molecule is O=C(Nc1ccc(CCO)cc1)n1nc2ccccn2c1=O. The van der Waals surface area contributed by atoms with Crippen molar-refractivity contribution in [1.29, 1.82) is 0 Å². The number of benzene rings is 1. The van der Waals surface area contributed by atoms with Crippen molar-refractivity contribution in [1.82, 2.24) is 14.2 Å². The maximum atomic E-state index is 12.2. The second-order valence-corrected chi connectivity index (χ2v) is 4.72. The minimum Gasteiger partial charge on any atom is -0.396 e. The minimum atomic E-state index is -0.622. The number of hydrogen-bond acceptors (Lipinski definition) is 4. The summed E-state index contributed by atoms with van der Waals surface area (Å²) in [5, 5.41) is 15.5. The van der Waals surface area contributed by atoms with Crippen molar-refractivity contribution >= 4 is 17.4 Å². The number of aromatic nitrogens is 3. The maximum Gasteiger partial charge on any atom is 0.359 e. The topological polar surface area (TPSA) is 88.6 Å². The van der Waals surface area contributed by atoms with Gasteiger partial charge in [0.1, 0.15) is 0 Å². The van der Waals surface area contributed by atoms with Gasteiger partial charge in [-0.15, -0.1) is 9.78 Å². The zero-order valence-corrected chi connectivity index (χ0v) is 11.6. The Labute approximate surface area is 125 Å². The van der Waals surface area contributed by atoms with Gasteiger partial charge >= 0.3 is 11.7 Å². The highest BCUT2D eigenvalue weighted by Gasteiger charge is 2.13. The van der Waals surface area contributed by atoms with Crippen molar-refractivity contribution in [2.75, 3.05) is 11.9 Å². The number of pyridine rings is 1. The van der Waals surface area contributed by atoms with E-state index in [-0.39, 0.29) is 6.61 Å². The number of hydrogen-bond donors (Lipinski definition) is 2. The minimum absolute atomic E-state index is 0.0718. The summed E-state index contributed by atoms with van der Waals surface area (Å²) in [6.07, 6.45) is 2.11. The number of nitrogens with zero attached hydrogens (tertiary/aromatic N) is 3. The third-order valence-electron chi connectivity index (χ3n) is 3.23. The molecule has 0 unspecified atom stereocenters. The zero-order valence-electron chi connectivity index (χ0n) is 11.6. The van der Waals surface area contributed by atoms with E-state index < -0.39 is 11.7 Å². The molecule has 0 saturated heterocycles. The Morgan fingerprint density at radius 2 is 1.95 bits per heavy atom. The molecule has 0 fully saturated rings. The van der Waals surface area contributed by atoms with Crippen LogP contribution in [0.3, 0.4) is 0 Å². The van der Waals surface area contributed by atoms with Crippen LogP contribution in [0.4, 0.5) is 10.5 Å². The van der Waals surface area contributed by atoms with Gasteiger partial charge < -0.3 is 10.4 Å². The fraction of sp³-hybridized carbons (Fsp3) is 0.133. The molecule has 0 spiro atoms. The molecule has 1 amide bonds. The first-order valence-electron chi connectivity index (χ1n) is 6.76. The summed E-state index contributed by atoms with van der Waals surface area (Å²) in [7, 11) is 0. The number of nitrogens with one attached hydrogen (secondary N) is 1. The van der Waals surface area contributed by atoms with E-state index in [2.05, 4.69) is 10.4 Å². The highest BCUT2D eigenvalue weighted by Crippen LogP contribution is 2.10. The molecule has 0 atom stereocenters. The van der Waals surface area contributed by atoms with Gasteiger partial charge in [0.2, 0.25) is 0 Å². The first kappa shape index (κ1) is 14.0. The van der Waals surface area contributed by atoms with Crippen molar-refractivity contribution in [3.05, 3.63) is 64.7 Å². The van der Waals surface area contributed by atoms with Gasteiger partial charge in [0.05, 0.1) is 0 Å². The van der Waals surface area contributed by atoms with E-state index >= 15 is 0 Å². The third-order valence-corrected chi connectivity index (χ3v) is 3.23. The lowest BCUT2D eigenvalue weighted by Crippen LogP contribution is -2.31. The number of aliphatic hydroxyl groups excluding tert-OH is 1. The van der Waals surface area contributed by atoms with Gasteiger partial charge in [-0.2, -0.15) is 0 Å². The number of carbonyl (C=O) groups is 1. The molecule has 3 rings (SSSR count). The van der Waals surface area contributed by atoms with Gasteiger partial charge in [-0.1, -0.05) is 18.2 Å². The predicted octanol–water partition coefficient (Wildman–Crippen LogP) is 1.11. The van der Waals surface area contributed by atoms with E-state index in [1.165, 1.54) is 4.40 Å². The van der Waals surface area contributed by atoms with Gasteiger partial charge in [-0.05, 0) is 36.2 Å². The quantitative estimate of drug-likeness (QED) is 0.758. The summed E-state index contributed by atoms with van der Waals surface area (Å²) in [6, 6.07) is 11.5. The molecule has 22 heavy (non-hydrogen) atoms. The Balaban J connectivity index is 1.84. The molecule has 2 aromatic heterocycles. The van der Waals surface area contributed by atoms with Crippen LogP contribution in [-0.2, 0) is 6.42 Å². The van der Waals surface area contributed by atoms with Crippen LogP contribution in [-0.4, -0.2) is 31.9 Å². The van der Waals surface area contributed by atoms with Gasteiger partial charge in [-0.3, -0.25) is 0 Å². The maximum absolute atomic E-state index is 12.2. The van der Waals surface area contributed by atoms with E-state index in [1.54, 1.807) is 48.7 Å². The second-order valence-electron chi connectivity index (χ2n) is 4.72. The molecule has 0 bridgehead atoms. The van der Waals surface area contributed by atoms with Crippen molar-refractivity contribution in [2.24, 2.45) is 0 Å². The van der Waals surface area contributed by atoms with E-state index in [0.29, 0.717) is 17.8 Å². The summed E-state index contributed by atoms with van der Waals surface area (Å²) in [5.41, 5.74) is 1.40. The number of rotatable bonds is 3. The fourth-order valence-electron chi connectivity index (χ4n) is 2.12. The van der Waals surface area contributed by atoms with E-state index in [1.807, 2.05) is 0 Å². The van der Waals surface area contributed by atoms with E-state index in [0.717, 1.165) is 10.2 Å². The highest BCUT2D eigenvalue weighted by atomic mass is 16.3. The molecule has 0 aliphatic rings. The molecular formula is C15H14N4O3. The summed E-state index contributed by atoms with van der Waals surface area (Å²) < 4.78 is 2.08. The molecule has 7 nitrogen and oxygen atoms in total.